The van der Waals surface area contributed by atoms with Crippen LogP contribution in [0.25, 0.3) is 11.1 Å². The zero-order valence-corrected chi connectivity index (χ0v) is 10.1. The molecule has 2 nitrogen and oxygen atoms in total. The average molecular weight is 230 g/mol. The Morgan fingerprint density at radius 2 is 1.88 bits per heavy atom. The fourth-order valence-electron chi connectivity index (χ4n) is 2.13. The van der Waals surface area contributed by atoms with Gasteiger partial charge < -0.3 is 5.11 Å². The van der Waals surface area contributed by atoms with Crippen LogP contribution in [0.5, 0.6) is 0 Å². The van der Waals surface area contributed by atoms with Gasteiger partial charge >= 0.3 is 0 Å². The molecular formula is C15H18O2. The summed E-state index contributed by atoms with van der Waals surface area (Å²) in [5.74, 6) is 0. The molecule has 1 atom stereocenters. The maximum absolute atomic E-state index is 11.7. The highest BCUT2D eigenvalue weighted by molar-refractivity contribution is 5.76. The van der Waals surface area contributed by atoms with Crippen LogP contribution in [0, 0.1) is 0 Å². The predicted molar refractivity (Wildman–Crippen MR) is 69.6 cm³/mol. The highest BCUT2D eigenvalue weighted by atomic mass is 16.3. The van der Waals surface area contributed by atoms with Crippen LogP contribution in [0.1, 0.15) is 44.3 Å². The van der Waals surface area contributed by atoms with Gasteiger partial charge in [0.15, 0.2) is 5.43 Å². The van der Waals surface area contributed by atoms with E-state index >= 15 is 0 Å². The van der Waals surface area contributed by atoms with E-state index in [2.05, 4.69) is 6.92 Å². The molecule has 2 aromatic carbocycles. The number of aliphatic hydroxyl groups excluding tert-OH is 1. The molecule has 0 aromatic heterocycles. The summed E-state index contributed by atoms with van der Waals surface area (Å²) >= 11 is 0. The van der Waals surface area contributed by atoms with E-state index < -0.39 is 6.10 Å². The molecule has 0 amide bonds. The molecule has 1 unspecified atom stereocenters. The number of rotatable bonds is 6. The van der Waals surface area contributed by atoms with Crippen LogP contribution < -0.4 is 5.43 Å². The Balaban J connectivity index is 2.03. The first-order valence-corrected chi connectivity index (χ1v) is 6.28. The Kier molecular flexibility index (Phi) is 3.75. The van der Waals surface area contributed by atoms with Crippen molar-refractivity contribution in [2.24, 2.45) is 0 Å². The van der Waals surface area contributed by atoms with Gasteiger partial charge in [0.25, 0.3) is 0 Å². The molecule has 0 fully saturated rings. The van der Waals surface area contributed by atoms with Crippen molar-refractivity contribution in [3.63, 3.8) is 0 Å². The van der Waals surface area contributed by atoms with E-state index in [4.69, 9.17) is 0 Å². The topological polar surface area (TPSA) is 37.3 Å². The van der Waals surface area contributed by atoms with Crippen molar-refractivity contribution in [3.8, 4) is 11.1 Å². The maximum Gasteiger partial charge on any atom is 0.193 e. The highest BCUT2D eigenvalue weighted by Gasteiger charge is 2.28. The molecule has 2 rings (SSSR count). The molecule has 17 heavy (non-hydrogen) atoms. The molecule has 0 bridgehead atoms. The van der Waals surface area contributed by atoms with Gasteiger partial charge in [0.2, 0.25) is 0 Å². The third-order valence-electron chi connectivity index (χ3n) is 3.16. The minimum absolute atomic E-state index is 0.0419. The lowest BCUT2D eigenvalue weighted by Gasteiger charge is -2.04. The van der Waals surface area contributed by atoms with Crippen LogP contribution in [0.3, 0.4) is 0 Å². The van der Waals surface area contributed by atoms with E-state index in [9.17, 15) is 9.90 Å². The van der Waals surface area contributed by atoms with Gasteiger partial charge in [-0.2, -0.15) is 0 Å². The Labute approximate surface area is 102 Å². The summed E-state index contributed by atoms with van der Waals surface area (Å²) in [6.45, 7) is 2.13. The molecule has 0 spiro atoms. The minimum Gasteiger partial charge on any atom is -0.388 e. The molecule has 1 N–H and O–H groups in total. The summed E-state index contributed by atoms with van der Waals surface area (Å²) in [5, 5.41) is 9.94. The fraction of sp³-hybridized carbons (Fsp3) is 0.400. The molecule has 2 heteroatoms. The monoisotopic (exact) mass is 230 g/mol. The molecule has 0 saturated heterocycles. The molecule has 0 aliphatic rings. The molecule has 0 aliphatic heterocycles. The third kappa shape index (κ3) is 2.64. The van der Waals surface area contributed by atoms with Crippen molar-refractivity contribution in [2.75, 3.05) is 0 Å². The predicted octanol–water partition coefficient (Wildman–Crippen LogP) is 3.20. The van der Waals surface area contributed by atoms with Crippen LogP contribution in [0.15, 0.2) is 35.1 Å². The average Bonchev–Trinajstić information content (AvgIpc) is 3.02. The molecule has 90 valence electrons. The van der Waals surface area contributed by atoms with Crippen LogP contribution in [-0.2, 0) is 0 Å². The lowest BCUT2D eigenvalue weighted by atomic mass is 10.1. The Morgan fingerprint density at radius 3 is 2.53 bits per heavy atom. The summed E-state index contributed by atoms with van der Waals surface area (Å²) in [4.78, 5) is 11.7. The normalized spacial score (nSPS) is 13.1. The lowest BCUT2D eigenvalue weighted by Crippen LogP contribution is -1.95. The van der Waals surface area contributed by atoms with Crippen LogP contribution in [0.2, 0.25) is 0 Å². The second-order valence-corrected chi connectivity index (χ2v) is 4.50. The Bertz CT molecular complexity index is 478. The van der Waals surface area contributed by atoms with Gasteiger partial charge in [-0.05, 0) is 12.0 Å². The van der Waals surface area contributed by atoms with Gasteiger partial charge in [-0.3, -0.25) is 4.79 Å². The van der Waals surface area contributed by atoms with Crippen LogP contribution in [0.4, 0.5) is 0 Å². The number of unbranched alkanes of at least 4 members (excludes halogenated alkanes) is 2. The van der Waals surface area contributed by atoms with Gasteiger partial charge in [0.1, 0.15) is 0 Å². The van der Waals surface area contributed by atoms with Gasteiger partial charge in [0.05, 0.1) is 6.10 Å². The fourth-order valence-corrected chi connectivity index (χ4v) is 2.13. The zero-order valence-electron chi connectivity index (χ0n) is 10.1. The van der Waals surface area contributed by atoms with Crippen molar-refractivity contribution in [2.45, 2.75) is 38.7 Å². The van der Waals surface area contributed by atoms with Gasteiger partial charge in [-0.25, -0.2) is 0 Å². The molecule has 0 radical (unpaired) electrons. The minimum atomic E-state index is -0.566. The van der Waals surface area contributed by atoms with Gasteiger partial charge in [0, 0.05) is 11.1 Å². The molecular weight excluding hydrogens is 212 g/mol. The van der Waals surface area contributed by atoms with Crippen molar-refractivity contribution < 1.29 is 5.11 Å². The Hall–Kier alpha value is -1.41. The third-order valence-corrected chi connectivity index (χ3v) is 3.16. The van der Waals surface area contributed by atoms with Crippen molar-refractivity contribution >= 4 is 0 Å². The summed E-state index contributed by atoms with van der Waals surface area (Å²) < 4.78 is 0. The number of aliphatic hydroxyl groups is 1. The lowest BCUT2D eigenvalue weighted by molar-refractivity contribution is 0.167. The van der Waals surface area contributed by atoms with Crippen molar-refractivity contribution in [3.05, 3.63) is 46.1 Å². The molecule has 0 saturated carbocycles. The van der Waals surface area contributed by atoms with E-state index in [1.165, 1.54) is 0 Å². The van der Waals surface area contributed by atoms with E-state index in [0.717, 1.165) is 30.4 Å². The quantitative estimate of drug-likeness (QED) is 0.774. The standard InChI is InChI=1S/C15H18O2/c1-2-3-5-10-12(16)14-13(15(14)17)11-8-6-4-7-9-11/h4,6-9,12,16H,2-3,5,10H2,1H3. The largest absolute Gasteiger partial charge is 0.388 e. The number of hydrogen-bond donors (Lipinski definition) is 1. The van der Waals surface area contributed by atoms with Crippen molar-refractivity contribution in [1.29, 1.82) is 0 Å². The first-order valence-electron chi connectivity index (χ1n) is 6.28. The van der Waals surface area contributed by atoms with E-state index in [1.54, 1.807) is 0 Å². The number of hydrogen-bond acceptors (Lipinski definition) is 2. The van der Waals surface area contributed by atoms with Crippen LogP contribution >= 0.6 is 0 Å². The summed E-state index contributed by atoms with van der Waals surface area (Å²) in [5.41, 5.74) is 2.34. The summed E-state index contributed by atoms with van der Waals surface area (Å²) in [7, 11) is 0. The molecule has 2 aromatic rings. The Morgan fingerprint density at radius 1 is 1.18 bits per heavy atom. The molecule has 0 aliphatic carbocycles. The van der Waals surface area contributed by atoms with E-state index in [0.29, 0.717) is 12.0 Å². The zero-order chi connectivity index (χ0) is 12.3. The van der Waals surface area contributed by atoms with E-state index in [-0.39, 0.29) is 5.43 Å². The second-order valence-electron chi connectivity index (χ2n) is 4.50. The first kappa shape index (κ1) is 12.1. The number of benzene rings is 1. The van der Waals surface area contributed by atoms with Gasteiger partial charge in [-0.1, -0.05) is 56.5 Å². The summed E-state index contributed by atoms with van der Waals surface area (Å²) in [6, 6.07) is 9.58. The second kappa shape index (κ2) is 5.28. The SMILES string of the molecule is CCCCCC(O)c1c(-c2ccccc2)c1=O. The molecule has 0 heterocycles. The maximum atomic E-state index is 11.7. The van der Waals surface area contributed by atoms with Crippen molar-refractivity contribution in [1.82, 2.24) is 0 Å². The highest BCUT2D eigenvalue weighted by Crippen LogP contribution is 2.32. The summed E-state index contributed by atoms with van der Waals surface area (Å²) in [6.07, 6.45) is 3.36. The van der Waals surface area contributed by atoms with E-state index in [1.807, 2.05) is 30.3 Å². The smallest absolute Gasteiger partial charge is 0.193 e. The van der Waals surface area contributed by atoms with Crippen LogP contribution in [-0.4, -0.2) is 5.11 Å². The first-order chi connectivity index (χ1) is 8.25. The van der Waals surface area contributed by atoms with Gasteiger partial charge in [-0.15, -0.1) is 0 Å².